The summed E-state index contributed by atoms with van der Waals surface area (Å²) in [7, 11) is 0. The van der Waals surface area contributed by atoms with Crippen molar-refractivity contribution in [2.75, 3.05) is 25.0 Å². The van der Waals surface area contributed by atoms with E-state index in [0.29, 0.717) is 53.5 Å². The largest absolute Gasteiger partial charge is 0.379 e. The molecule has 2 aromatic rings. The molecular weight excluding hydrogens is 544 g/mol. The summed E-state index contributed by atoms with van der Waals surface area (Å²) in [5.74, 6) is -0.889. The molecule has 3 rings (SSSR count). The Labute approximate surface area is 205 Å². The van der Waals surface area contributed by atoms with E-state index in [9.17, 15) is 14.0 Å². The monoisotopic (exact) mass is 573 g/mol. The molecule has 0 spiro atoms. The van der Waals surface area contributed by atoms with Crippen molar-refractivity contribution in [1.29, 1.82) is 0 Å². The number of carbonyl (C=O) groups is 2. The van der Waals surface area contributed by atoms with Gasteiger partial charge in [-0.25, -0.2) is 4.39 Å². The summed E-state index contributed by atoms with van der Waals surface area (Å²) in [5, 5.41) is 9.42. The Morgan fingerprint density at radius 3 is 2.81 bits per heavy atom. The molecule has 0 bridgehead atoms. The van der Waals surface area contributed by atoms with Gasteiger partial charge in [0.2, 0.25) is 0 Å². The highest BCUT2D eigenvalue weighted by Gasteiger charge is 2.34. The van der Waals surface area contributed by atoms with Gasteiger partial charge >= 0.3 is 0 Å². The Balaban J connectivity index is 1.92. The van der Waals surface area contributed by atoms with Gasteiger partial charge in [0.25, 0.3) is 11.8 Å². The van der Waals surface area contributed by atoms with Crippen LogP contribution in [0.5, 0.6) is 0 Å². The molecule has 2 heterocycles. The maximum Gasteiger partial charge on any atom is 0.261 e. The number of halogens is 2. The number of ether oxygens (including phenoxy) is 1. The van der Waals surface area contributed by atoms with Gasteiger partial charge in [0.1, 0.15) is 10.8 Å². The molecule has 1 aliphatic rings. The molecule has 0 aliphatic carbocycles. The first-order valence-electron chi connectivity index (χ1n) is 10.6. The predicted molar refractivity (Wildman–Crippen MR) is 135 cm³/mol. The molecule has 0 saturated carbocycles. The molecule has 0 atom stereocenters. The smallest absolute Gasteiger partial charge is 0.261 e. The van der Waals surface area contributed by atoms with E-state index in [2.05, 4.69) is 29.8 Å². The predicted octanol–water partition coefficient (Wildman–Crippen LogP) is 5.09. The van der Waals surface area contributed by atoms with Crippen LogP contribution in [0.25, 0.3) is 0 Å². The Kier molecular flexibility index (Phi) is 8.16. The fourth-order valence-electron chi connectivity index (χ4n) is 3.48. The average molecular weight is 573 g/mol. The van der Waals surface area contributed by atoms with E-state index >= 15 is 0 Å². The van der Waals surface area contributed by atoms with Crippen LogP contribution in [0.2, 0.25) is 0 Å². The van der Waals surface area contributed by atoms with Crippen LogP contribution in [-0.4, -0.2) is 37.6 Å². The van der Waals surface area contributed by atoms with E-state index in [1.807, 2.05) is 36.4 Å². The van der Waals surface area contributed by atoms with Crippen molar-refractivity contribution in [3.8, 4) is 0 Å². The lowest BCUT2D eigenvalue weighted by atomic mass is 9.85. The number of benzene rings is 1. The van der Waals surface area contributed by atoms with Gasteiger partial charge in [0, 0.05) is 23.3 Å². The number of thiophene rings is 1. The van der Waals surface area contributed by atoms with Crippen molar-refractivity contribution < 1.29 is 18.7 Å². The van der Waals surface area contributed by atoms with Crippen LogP contribution in [0, 0.1) is 14.8 Å². The number of nitrogens with one attached hydrogen (secondary N) is 3. The number of carbonyl (C=O) groups excluding carboxylic acids is 2. The number of rotatable bonds is 8. The van der Waals surface area contributed by atoms with Gasteiger partial charge in [-0.15, -0.1) is 11.3 Å². The molecule has 2 amide bonds. The minimum Gasteiger partial charge on any atom is -0.379 e. The van der Waals surface area contributed by atoms with Crippen LogP contribution < -0.4 is 16.0 Å². The topological polar surface area (TPSA) is 79.5 Å². The highest BCUT2D eigenvalue weighted by Crippen LogP contribution is 2.40. The third kappa shape index (κ3) is 6.20. The summed E-state index contributed by atoms with van der Waals surface area (Å²) in [4.78, 5) is 26.5. The first-order chi connectivity index (χ1) is 15.1. The van der Waals surface area contributed by atoms with Crippen LogP contribution in [0.15, 0.2) is 18.2 Å². The van der Waals surface area contributed by atoms with E-state index in [4.69, 9.17) is 4.74 Å². The molecule has 0 saturated heterocycles. The molecule has 3 N–H and O–H groups in total. The molecule has 174 valence electrons. The summed E-state index contributed by atoms with van der Waals surface area (Å²) >= 11 is 3.23. The maximum absolute atomic E-state index is 14.5. The Morgan fingerprint density at radius 1 is 1.38 bits per heavy atom. The van der Waals surface area contributed by atoms with Crippen LogP contribution in [-0.2, 0) is 11.2 Å². The van der Waals surface area contributed by atoms with Gasteiger partial charge in [-0.05, 0) is 78.5 Å². The third-order valence-electron chi connectivity index (χ3n) is 5.06. The SMILES string of the molecule is CC(C)OCCCNC(=O)c1c(Nc2ccc(I)cc2F)sc2c1CC(C)(C)CNC2=O. The van der Waals surface area contributed by atoms with E-state index in [1.54, 1.807) is 12.1 Å². The Hall–Kier alpha value is -1.72. The molecular formula is C23H29FIN3O3S. The first-order valence-corrected chi connectivity index (χ1v) is 12.5. The molecule has 1 aromatic carbocycles. The zero-order chi connectivity index (χ0) is 23.5. The van der Waals surface area contributed by atoms with Gasteiger partial charge in [-0.1, -0.05) is 13.8 Å². The first kappa shape index (κ1) is 24.9. The summed E-state index contributed by atoms with van der Waals surface area (Å²) < 4.78 is 20.8. The van der Waals surface area contributed by atoms with Crippen LogP contribution in [0.3, 0.4) is 0 Å². The second-order valence-electron chi connectivity index (χ2n) is 8.92. The molecule has 32 heavy (non-hydrogen) atoms. The number of hydrogen-bond donors (Lipinski definition) is 3. The number of amides is 2. The van der Waals surface area contributed by atoms with Crippen molar-refractivity contribution in [3.63, 3.8) is 0 Å². The molecule has 0 radical (unpaired) electrons. The molecule has 1 aliphatic heterocycles. The molecule has 0 fully saturated rings. The average Bonchev–Trinajstić information content (AvgIpc) is 2.99. The molecule has 6 nitrogen and oxygen atoms in total. The normalized spacial score (nSPS) is 15.2. The van der Waals surface area contributed by atoms with Crippen molar-refractivity contribution in [2.45, 2.75) is 46.6 Å². The highest BCUT2D eigenvalue weighted by atomic mass is 127. The zero-order valence-corrected chi connectivity index (χ0v) is 21.7. The quantitative estimate of drug-likeness (QED) is 0.304. The van der Waals surface area contributed by atoms with Crippen molar-refractivity contribution >= 4 is 56.4 Å². The van der Waals surface area contributed by atoms with Gasteiger partial charge in [0.15, 0.2) is 0 Å². The zero-order valence-electron chi connectivity index (χ0n) is 18.7. The van der Waals surface area contributed by atoms with E-state index in [1.165, 1.54) is 17.4 Å². The maximum atomic E-state index is 14.5. The molecule has 1 aromatic heterocycles. The van der Waals surface area contributed by atoms with Crippen molar-refractivity contribution in [1.82, 2.24) is 10.6 Å². The van der Waals surface area contributed by atoms with Crippen LogP contribution in [0.1, 0.15) is 59.7 Å². The molecule has 9 heteroatoms. The lowest BCUT2D eigenvalue weighted by Gasteiger charge is -2.22. The summed E-state index contributed by atoms with van der Waals surface area (Å²) in [5.41, 5.74) is 1.17. The van der Waals surface area contributed by atoms with Crippen molar-refractivity contribution in [2.24, 2.45) is 5.41 Å². The summed E-state index contributed by atoms with van der Waals surface area (Å²) in [6, 6.07) is 4.84. The van der Waals surface area contributed by atoms with E-state index in [0.717, 1.165) is 3.57 Å². The van der Waals surface area contributed by atoms with Gasteiger partial charge in [-0.3, -0.25) is 9.59 Å². The standard InChI is InChI=1S/C23H29FIN3O3S/c1-13(2)31-9-5-8-26-20(29)18-15-11-23(3,4)12-27-21(30)19(15)32-22(18)28-17-7-6-14(25)10-16(17)24/h6-7,10,13,28H,5,8-9,11-12H2,1-4H3,(H,26,29)(H,27,30). The summed E-state index contributed by atoms with van der Waals surface area (Å²) in [6.07, 6.45) is 1.38. The molecule has 0 unspecified atom stereocenters. The van der Waals surface area contributed by atoms with Crippen molar-refractivity contribution in [3.05, 3.63) is 43.6 Å². The lowest BCUT2D eigenvalue weighted by Crippen LogP contribution is -2.32. The second-order valence-corrected chi connectivity index (χ2v) is 11.2. The van der Waals surface area contributed by atoms with Gasteiger partial charge in [-0.2, -0.15) is 0 Å². The van der Waals surface area contributed by atoms with Gasteiger partial charge < -0.3 is 20.7 Å². The number of hydrogen-bond acceptors (Lipinski definition) is 5. The van der Waals surface area contributed by atoms with E-state index in [-0.39, 0.29) is 29.0 Å². The van der Waals surface area contributed by atoms with Crippen LogP contribution >= 0.6 is 33.9 Å². The second kappa shape index (κ2) is 10.5. The van der Waals surface area contributed by atoms with Crippen LogP contribution in [0.4, 0.5) is 15.1 Å². The fraction of sp³-hybridized carbons (Fsp3) is 0.478. The Bertz CT molecular complexity index is 1010. The number of anilines is 2. The highest BCUT2D eigenvalue weighted by molar-refractivity contribution is 14.1. The van der Waals surface area contributed by atoms with E-state index < -0.39 is 5.82 Å². The minimum atomic E-state index is -0.414. The Morgan fingerprint density at radius 2 is 2.12 bits per heavy atom. The third-order valence-corrected chi connectivity index (χ3v) is 6.88. The lowest BCUT2D eigenvalue weighted by molar-refractivity contribution is 0.0757. The number of fused-ring (bicyclic) bond motifs is 1. The minimum absolute atomic E-state index is 0.138. The summed E-state index contributed by atoms with van der Waals surface area (Å²) in [6.45, 7) is 9.56. The van der Waals surface area contributed by atoms with Gasteiger partial charge in [0.05, 0.1) is 22.2 Å². The fourth-order valence-corrected chi connectivity index (χ4v) is 5.08.